The Labute approximate surface area is 224 Å². The van der Waals surface area contributed by atoms with E-state index in [1.165, 1.54) is 0 Å². The van der Waals surface area contributed by atoms with E-state index < -0.39 is 28.9 Å². The molecular weight excluding hydrogens is 506 g/mol. The van der Waals surface area contributed by atoms with E-state index in [1.54, 1.807) is 31.9 Å². The van der Waals surface area contributed by atoms with Crippen LogP contribution in [0.1, 0.15) is 31.9 Å². The molecule has 0 radical (unpaired) electrons. The van der Waals surface area contributed by atoms with Crippen LogP contribution in [0, 0.1) is 0 Å². The van der Waals surface area contributed by atoms with E-state index in [9.17, 15) is 19.2 Å². The number of benzene rings is 2. The van der Waals surface area contributed by atoms with Gasteiger partial charge in [0.25, 0.3) is 11.1 Å². The molecule has 38 heavy (non-hydrogen) atoms. The molecule has 1 aromatic heterocycles. The van der Waals surface area contributed by atoms with Crippen molar-refractivity contribution in [1.29, 1.82) is 0 Å². The van der Waals surface area contributed by atoms with Crippen LogP contribution in [0.5, 0.6) is 0 Å². The molecule has 2 heterocycles. The molecule has 4 amide bonds. The van der Waals surface area contributed by atoms with Crippen LogP contribution in [-0.2, 0) is 27.2 Å². The largest absolute Gasteiger partial charge is 0.444 e. The van der Waals surface area contributed by atoms with Gasteiger partial charge in [-0.2, -0.15) is 0 Å². The Kier molecular flexibility index (Phi) is 8.26. The van der Waals surface area contributed by atoms with E-state index >= 15 is 0 Å². The number of aromatic nitrogens is 1. The molecule has 0 fully saturated rings. The Morgan fingerprint density at radius 2 is 1.79 bits per heavy atom. The molecule has 0 saturated carbocycles. The number of aromatic amines is 1. The maximum atomic E-state index is 13.0. The Hall–Kier alpha value is -3.99. The van der Waals surface area contributed by atoms with Gasteiger partial charge in [-0.25, -0.2) is 4.79 Å². The number of nitrogens with zero attached hydrogens (tertiary/aromatic N) is 1. The van der Waals surface area contributed by atoms with Gasteiger partial charge >= 0.3 is 6.09 Å². The van der Waals surface area contributed by atoms with Crippen LogP contribution in [0.4, 0.5) is 15.3 Å². The summed E-state index contributed by atoms with van der Waals surface area (Å²) in [4.78, 5) is 55.3. The molecule has 1 aliphatic rings. The van der Waals surface area contributed by atoms with Gasteiger partial charge in [0, 0.05) is 35.8 Å². The lowest BCUT2D eigenvalue weighted by Crippen LogP contribution is -2.53. The summed E-state index contributed by atoms with van der Waals surface area (Å²) in [6.45, 7) is 5.74. The summed E-state index contributed by atoms with van der Waals surface area (Å²) in [5.74, 6) is -0.898. The molecule has 0 saturated heterocycles. The van der Waals surface area contributed by atoms with E-state index in [-0.39, 0.29) is 18.1 Å². The van der Waals surface area contributed by atoms with Crippen LogP contribution >= 0.6 is 11.8 Å². The third-order valence-electron chi connectivity index (χ3n) is 5.91. The summed E-state index contributed by atoms with van der Waals surface area (Å²) in [5, 5.41) is 2.91. The fourth-order valence-electron chi connectivity index (χ4n) is 4.22. The highest BCUT2D eigenvalue weighted by Crippen LogP contribution is 2.28. The summed E-state index contributed by atoms with van der Waals surface area (Å²) in [6, 6.07) is 14.2. The normalized spacial score (nSPS) is 13.5. The number of hydrogen-bond donors (Lipinski definition) is 4. The molecule has 4 N–H and O–H groups in total. The molecule has 0 bridgehead atoms. The number of hydrazine groups is 1. The summed E-state index contributed by atoms with van der Waals surface area (Å²) < 4.78 is 5.32. The number of thioether (sulfide) groups is 1. The second-order valence-corrected chi connectivity index (χ2v) is 10.8. The van der Waals surface area contributed by atoms with Gasteiger partial charge in [0.15, 0.2) is 0 Å². The highest BCUT2D eigenvalue weighted by atomic mass is 32.2. The molecule has 11 heteroatoms. The molecule has 200 valence electrons. The van der Waals surface area contributed by atoms with Crippen LogP contribution in [-0.4, -0.2) is 52.1 Å². The van der Waals surface area contributed by atoms with Crippen molar-refractivity contribution in [3.05, 3.63) is 65.9 Å². The summed E-state index contributed by atoms with van der Waals surface area (Å²) in [6.07, 6.45) is 1.95. The number of anilines is 1. The number of carbonyl (C=O) groups excluding carboxylic acids is 4. The van der Waals surface area contributed by atoms with Gasteiger partial charge in [-0.1, -0.05) is 48.2 Å². The van der Waals surface area contributed by atoms with Gasteiger partial charge in [0.2, 0.25) is 5.91 Å². The van der Waals surface area contributed by atoms with Crippen molar-refractivity contribution < 1.29 is 23.9 Å². The third-order valence-corrected chi connectivity index (χ3v) is 6.66. The van der Waals surface area contributed by atoms with Gasteiger partial charge in [0.05, 0.1) is 5.75 Å². The smallest absolute Gasteiger partial charge is 0.408 e. The van der Waals surface area contributed by atoms with Crippen molar-refractivity contribution in [3.63, 3.8) is 0 Å². The minimum absolute atomic E-state index is 0.0784. The molecular formula is C27H31N5O5S. The first kappa shape index (κ1) is 27.1. The van der Waals surface area contributed by atoms with Crippen LogP contribution < -0.4 is 21.1 Å². The highest BCUT2D eigenvalue weighted by Gasteiger charge is 2.27. The summed E-state index contributed by atoms with van der Waals surface area (Å²) in [7, 11) is 0. The van der Waals surface area contributed by atoms with Crippen molar-refractivity contribution in [3.8, 4) is 0 Å². The number of rotatable bonds is 6. The number of fused-ring (bicyclic) bond motifs is 2. The van der Waals surface area contributed by atoms with E-state index in [2.05, 4.69) is 21.2 Å². The number of para-hydroxylation sites is 2. The molecule has 4 rings (SSSR count). The maximum absolute atomic E-state index is 13.0. The minimum atomic E-state index is -1.03. The zero-order valence-corrected chi connectivity index (χ0v) is 22.3. The van der Waals surface area contributed by atoms with Crippen molar-refractivity contribution in [2.24, 2.45) is 0 Å². The van der Waals surface area contributed by atoms with Crippen molar-refractivity contribution in [1.82, 2.24) is 21.2 Å². The van der Waals surface area contributed by atoms with Crippen LogP contribution in [0.15, 0.2) is 54.7 Å². The fourth-order valence-corrected chi connectivity index (χ4v) is 4.75. The Morgan fingerprint density at radius 3 is 2.58 bits per heavy atom. The average Bonchev–Trinajstić information content (AvgIpc) is 3.49. The molecule has 0 aliphatic carbocycles. The molecule has 3 aromatic rings. The molecule has 1 aliphatic heterocycles. The number of amides is 4. The Bertz CT molecular complexity index is 1350. The predicted molar refractivity (Wildman–Crippen MR) is 147 cm³/mol. The second-order valence-electron chi connectivity index (χ2n) is 9.88. The Balaban J connectivity index is 1.34. The lowest BCUT2D eigenvalue weighted by molar-refractivity contribution is -0.123. The standard InChI is InChI=1S/C27H31N5O5S/c1-27(2,3)37-25(35)29-21(14-18-15-28-20-10-6-5-9-19(18)20)24(34)30-31-26(36)38-16-23(33)32-13-12-17-8-4-7-11-22(17)32/h4-11,15,21,28H,12-14,16H2,1-3H3,(H,29,35)(H,30,34)(H,31,36)/t21-/m1/s1. The van der Waals surface area contributed by atoms with Gasteiger partial charge in [0.1, 0.15) is 11.6 Å². The number of ether oxygens (including phenoxy) is 1. The maximum Gasteiger partial charge on any atom is 0.408 e. The third kappa shape index (κ3) is 6.86. The topological polar surface area (TPSA) is 133 Å². The summed E-state index contributed by atoms with van der Waals surface area (Å²) >= 11 is 0.756. The number of alkyl carbamates (subject to hydrolysis) is 1. The molecule has 2 aromatic carbocycles. The van der Waals surface area contributed by atoms with Gasteiger partial charge in [-0.3, -0.25) is 25.2 Å². The number of hydrogen-bond acceptors (Lipinski definition) is 6. The Morgan fingerprint density at radius 1 is 1.05 bits per heavy atom. The van der Waals surface area contributed by atoms with Crippen LogP contribution in [0.3, 0.4) is 0 Å². The van der Waals surface area contributed by atoms with Crippen LogP contribution in [0.25, 0.3) is 10.9 Å². The quantitative estimate of drug-likeness (QED) is 0.355. The van der Waals surface area contributed by atoms with E-state index in [4.69, 9.17) is 4.74 Å². The fraction of sp³-hybridized carbons (Fsp3) is 0.333. The van der Waals surface area contributed by atoms with Gasteiger partial charge in [-0.05, 0) is 50.5 Å². The molecule has 10 nitrogen and oxygen atoms in total. The van der Waals surface area contributed by atoms with E-state index in [0.717, 1.165) is 45.9 Å². The lowest BCUT2D eigenvalue weighted by atomic mass is 10.0. The number of carbonyl (C=O) groups is 4. The van der Waals surface area contributed by atoms with E-state index in [0.29, 0.717) is 6.54 Å². The van der Waals surface area contributed by atoms with Crippen molar-refractivity contribution in [2.45, 2.75) is 45.3 Å². The first-order valence-corrected chi connectivity index (χ1v) is 13.2. The molecule has 1 atom stereocenters. The molecule has 0 unspecified atom stereocenters. The van der Waals surface area contributed by atoms with Crippen molar-refractivity contribution >= 4 is 51.5 Å². The summed E-state index contributed by atoms with van der Waals surface area (Å²) in [5.41, 5.74) is 7.60. The zero-order chi connectivity index (χ0) is 27.3. The molecule has 0 spiro atoms. The van der Waals surface area contributed by atoms with Gasteiger partial charge in [-0.15, -0.1) is 0 Å². The second kappa shape index (κ2) is 11.6. The first-order valence-electron chi connectivity index (χ1n) is 12.3. The first-order chi connectivity index (χ1) is 18.1. The SMILES string of the molecule is CC(C)(C)OC(=O)N[C@H](Cc1c[nH]c2ccccc12)C(=O)NNC(=O)SCC(=O)N1CCc2ccccc21. The predicted octanol–water partition coefficient (Wildman–Crippen LogP) is 3.67. The van der Waals surface area contributed by atoms with Crippen LogP contribution in [0.2, 0.25) is 0 Å². The monoisotopic (exact) mass is 537 g/mol. The zero-order valence-electron chi connectivity index (χ0n) is 21.5. The van der Waals surface area contributed by atoms with E-state index in [1.807, 2.05) is 48.5 Å². The van der Waals surface area contributed by atoms with Crippen molar-refractivity contribution in [2.75, 3.05) is 17.2 Å². The minimum Gasteiger partial charge on any atom is -0.444 e. The van der Waals surface area contributed by atoms with Gasteiger partial charge < -0.3 is 19.9 Å². The highest BCUT2D eigenvalue weighted by molar-refractivity contribution is 8.14. The lowest BCUT2D eigenvalue weighted by Gasteiger charge is -2.23. The number of nitrogens with one attached hydrogen (secondary N) is 4. The average molecular weight is 538 g/mol. The number of H-pyrrole nitrogens is 1.